The molecule has 0 amide bonds. The van der Waals surface area contributed by atoms with E-state index in [2.05, 4.69) is 15.9 Å². The molecule has 0 saturated carbocycles. The molecule has 2 atom stereocenters. The lowest BCUT2D eigenvalue weighted by Gasteiger charge is -2.17. The van der Waals surface area contributed by atoms with Crippen molar-refractivity contribution in [3.05, 3.63) is 60.2 Å². The summed E-state index contributed by atoms with van der Waals surface area (Å²) in [4.78, 5) is 0. The van der Waals surface area contributed by atoms with Crippen molar-refractivity contribution in [3.8, 4) is 11.5 Å². The van der Waals surface area contributed by atoms with Gasteiger partial charge in [0, 0.05) is 5.33 Å². The van der Waals surface area contributed by atoms with Crippen molar-refractivity contribution in [1.82, 2.24) is 0 Å². The number of halogens is 1. The topological polar surface area (TPSA) is 49.7 Å². The van der Waals surface area contributed by atoms with E-state index in [4.69, 9.17) is 4.74 Å². The summed E-state index contributed by atoms with van der Waals surface area (Å²) in [6.07, 6.45) is -1.14. The zero-order chi connectivity index (χ0) is 14.4. The average molecular weight is 337 g/mol. The maximum Gasteiger partial charge on any atom is 0.127 e. The molecule has 2 aromatic carbocycles. The fraction of sp³-hybridized carbons (Fsp3) is 0.250. The van der Waals surface area contributed by atoms with E-state index >= 15 is 0 Å². The normalized spacial score (nSPS) is 13.8. The fourth-order valence-corrected chi connectivity index (χ4v) is 2.32. The van der Waals surface area contributed by atoms with Crippen LogP contribution in [0.3, 0.4) is 0 Å². The minimum atomic E-state index is -0.877. The maximum absolute atomic E-state index is 9.99. The molecular formula is C16H17BrO3. The van der Waals surface area contributed by atoms with Gasteiger partial charge in [0.15, 0.2) is 0 Å². The van der Waals surface area contributed by atoms with E-state index in [0.717, 1.165) is 5.75 Å². The molecule has 2 N–H and O–H groups in total. The van der Waals surface area contributed by atoms with Gasteiger partial charge in [0.25, 0.3) is 0 Å². The van der Waals surface area contributed by atoms with Crippen LogP contribution in [0.25, 0.3) is 0 Å². The minimum absolute atomic E-state index is 0.503. The van der Waals surface area contributed by atoms with Gasteiger partial charge < -0.3 is 14.9 Å². The van der Waals surface area contributed by atoms with Gasteiger partial charge in [-0.15, -0.1) is 0 Å². The highest BCUT2D eigenvalue weighted by atomic mass is 79.9. The van der Waals surface area contributed by atoms with Gasteiger partial charge >= 0.3 is 0 Å². The lowest BCUT2D eigenvalue weighted by atomic mass is 10.0. The molecule has 0 radical (unpaired) electrons. The quantitative estimate of drug-likeness (QED) is 0.791. The first kappa shape index (κ1) is 15.0. The Bertz CT molecular complexity index is 513. The Balaban J connectivity index is 2.03. The number of ether oxygens (including phenoxy) is 1. The van der Waals surface area contributed by atoms with Crippen molar-refractivity contribution in [2.45, 2.75) is 18.6 Å². The Morgan fingerprint density at radius 1 is 0.900 bits per heavy atom. The van der Waals surface area contributed by atoms with Gasteiger partial charge in [0.05, 0.1) is 6.10 Å². The van der Waals surface area contributed by atoms with Crippen LogP contribution in [0.15, 0.2) is 54.6 Å². The van der Waals surface area contributed by atoms with Gasteiger partial charge in [-0.05, 0) is 36.2 Å². The highest BCUT2D eigenvalue weighted by molar-refractivity contribution is 9.09. The lowest BCUT2D eigenvalue weighted by molar-refractivity contribution is 0.0173. The van der Waals surface area contributed by atoms with Crippen molar-refractivity contribution < 1.29 is 14.9 Å². The Hall–Kier alpha value is -1.36. The van der Waals surface area contributed by atoms with E-state index in [0.29, 0.717) is 23.1 Å². The number of aliphatic hydroxyl groups excluding tert-OH is 2. The molecule has 0 saturated heterocycles. The van der Waals surface area contributed by atoms with Crippen molar-refractivity contribution in [3.63, 3.8) is 0 Å². The second-order valence-corrected chi connectivity index (χ2v) is 5.27. The summed E-state index contributed by atoms with van der Waals surface area (Å²) in [5, 5.41) is 20.4. The number of benzene rings is 2. The molecule has 2 aromatic rings. The van der Waals surface area contributed by atoms with Crippen molar-refractivity contribution in [2.75, 3.05) is 5.33 Å². The Morgan fingerprint density at radius 2 is 1.50 bits per heavy atom. The minimum Gasteiger partial charge on any atom is -0.457 e. The molecule has 0 spiro atoms. The summed E-state index contributed by atoms with van der Waals surface area (Å²) < 4.78 is 5.67. The summed E-state index contributed by atoms with van der Waals surface area (Å²) in [6, 6.07) is 16.6. The molecular weight excluding hydrogens is 320 g/mol. The number of aliphatic hydroxyl groups is 2. The number of para-hydroxylation sites is 1. The van der Waals surface area contributed by atoms with Gasteiger partial charge in [-0.25, -0.2) is 0 Å². The summed E-state index contributed by atoms with van der Waals surface area (Å²) in [5.74, 6) is 1.46. The molecule has 2 rings (SSSR count). The fourth-order valence-electron chi connectivity index (χ4n) is 1.85. The zero-order valence-corrected chi connectivity index (χ0v) is 12.5. The molecule has 20 heavy (non-hydrogen) atoms. The van der Waals surface area contributed by atoms with Crippen LogP contribution in [0.4, 0.5) is 0 Å². The Kier molecular flexibility index (Phi) is 5.59. The van der Waals surface area contributed by atoms with Crippen molar-refractivity contribution >= 4 is 15.9 Å². The van der Waals surface area contributed by atoms with E-state index in [1.165, 1.54) is 0 Å². The van der Waals surface area contributed by atoms with Crippen LogP contribution < -0.4 is 4.74 Å². The molecule has 3 nitrogen and oxygen atoms in total. The molecule has 2 unspecified atom stereocenters. The van der Waals surface area contributed by atoms with E-state index in [-0.39, 0.29) is 0 Å². The standard InChI is InChI=1S/C16H17BrO3/c17-11-10-15(18)16(19)12-6-8-14(9-7-12)20-13-4-2-1-3-5-13/h1-9,15-16,18-19H,10-11H2. The summed E-state index contributed by atoms with van der Waals surface area (Å²) in [7, 11) is 0. The monoisotopic (exact) mass is 336 g/mol. The van der Waals surface area contributed by atoms with E-state index in [9.17, 15) is 10.2 Å². The van der Waals surface area contributed by atoms with Gasteiger partial charge in [0.2, 0.25) is 0 Å². The van der Waals surface area contributed by atoms with E-state index in [1.54, 1.807) is 24.3 Å². The molecule has 0 aliphatic rings. The van der Waals surface area contributed by atoms with Crippen LogP contribution in [0, 0.1) is 0 Å². The number of hydrogen-bond donors (Lipinski definition) is 2. The molecule has 0 aromatic heterocycles. The first-order valence-corrected chi connectivity index (χ1v) is 7.58. The molecule has 0 fully saturated rings. The molecule has 0 aliphatic carbocycles. The van der Waals surface area contributed by atoms with E-state index in [1.807, 2.05) is 30.3 Å². The summed E-state index contributed by atoms with van der Waals surface area (Å²) in [6.45, 7) is 0. The molecule has 4 heteroatoms. The molecule has 0 aliphatic heterocycles. The molecule has 0 bridgehead atoms. The van der Waals surface area contributed by atoms with Crippen LogP contribution >= 0.6 is 15.9 Å². The summed E-state index contributed by atoms with van der Waals surface area (Å²) in [5.41, 5.74) is 0.680. The van der Waals surface area contributed by atoms with Crippen molar-refractivity contribution in [1.29, 1.82) is 0 Å². The number of alkyl halides is 1. The third-order valence-corrected chi connectivity index (χ3v) is 3.43. The zero-order valence-electron chi connectivity index (χ0n) is 10.9. The largest absolute Gasteiger partial charge is 0.457 e. The highest BCUT2D eigenvalue weighted by Crippen LogP contribution is 2.25. The predicted octanol–water partition coefficient (Wildman–Crippen LogP) is 3.66. The molecule has 0 heterocycles. The SMILES string of the molecule is OC(CCBr)C(O)c1ccc(Oc2ccccc2)cc1. The second kappa shape index (κ2) is 7.43. The lowest BCUT2D eigenvalue weighted by Crippen LogP contribution is -2.18. The first-order valence-electron chi connectivity index (χ1n) is 6.45. The highest BCUT2D eigenvalue weighted by Gasteiger charge is 2.17. The van der Waals surface area contributed by atoms with Crippen LogP contribution in [-0.4, -0.2) is 21.6 Å². The number of rotatable bonds is 6. The number of hydrogen-bond acceptors (Lipinski definition) is 3. The maximum atomic E-state index is 9.99. The Labute approximate surface area is 127 Å². The first-order chi connectivity index (χ1) is 9.70. The molecule has 106 valence electrons. The van der Waals surface area contributed by atoms with Gasteiger partial charge in [-0.2, -0.15) is 0 Å². The van der Waals surface area contributed by atoms with Crippen LogP contribution in [0.2, 0.25) is 0 Å². The van der Waals surface area contributed by atoms with Crippen LogP contribution in [0.5, 0.6) is 11.5 Å². The second-order valence-electron chi connectivity index (χ2n) is 4.47. The van der Waals surface area contributed by atoms with Crippen molar-refractivity contribution in [2.24, 2.45) is 0 Å². The predicted molar refractivity (Wildman–Crippen MR) is 82.3 cm³/mol. The van der Waals surface area contributed by atoms with Gasteiger partial charge in [-0.1, -0.05) is 46.3 Å². The third kappa shape index (κ3) is 4.07. The van der Waals surface area contributed by atoms with E-state index < -0.39 is 12.2 Å². The van der Waals surface area contributed by atoms with Gasteiger partial charge in [-0.3, -0.25) is 0 Å². The van der Waals surface area contributed by atoms with Crippen LogP contribution in [0.1, 0.15) is 18.1 Å². The summed E-state index contributed by atoms with van der Waals surface area (Å²) >= 11 is 3.25. The smallest absolute Gasteiger partial charge is 0.127 e. The van der Waals surface area contributed by atoms with Crippen LogP contribution in [-0.2, 0) is 0 Å². The Morgan fingerprint density at radius 3 is 2.10 bits per heavy atom. The third-order valence-electron chi connectivity index (χ3n) is 2.97. The van der Waals surface area contributed by atoms with Gasteiger partial charge in [0.1, 0.15) is 17.6 Å². The average Bonchev–Trinajstić information content (AvgIpc) is 2.48.